The van der Waals surface area contributed by atoms with Crippen molar-refractivity contribution in [1.82, 2.24) is 20.1 Å². The zero-order chi connectivity index (χ0) is 20.4. The van der Waals surface area contributed by atoms with Crippen LogP contribution in [0.1, 0.15) is 15.9 Å². The summed E-state index contributed by atoms with van der Waals surface area (Å²) in [4.78, 5) is 17.6. The molecule has 7 heteroatoms. The molecule has 1 N–H and O–H groups in total. The molecule has 146 valence electrons. The number of aryl methyl sites for hydroxylation is 1. The number of carbonyl (C=O) groups is 1. The van der Waals surface area contributed by atoms with Crippen molar-refractivity contribution < 1.29 is 4.79 Å². The number of fused-ring (bicyclic) bond motifs is 1. The van der Waals surface area contributed by atoms with Crippen LogP contribution in [0.4, 0.5) is 0 Å². The fourth-order valence-corrected chi connectivity index (χ4v) is 3.39. The van der Waals surface area contributed by atoms with Gasteiger partial charge in [0.25, 0.3) is 5.91 Å². The van der Waals surface area contributed by atoms with Crippen molar-refractivity contribution in [3.05, 3.63) is 82.0 Å². The fraction of sp³-hybridized carbons (Fsp3) is 0.136. The molecule has 2 aromatic carbocycles. The number of benzene rings is 2. The molecule has 0 saturated carbocycles. The summed E-state index contributed by atoms with van der Waals surface area (Å²) in [7, 11) is 1.81. The molecule has 0 bridgehead atoms. The number of amides is 1. The minimum absolute atomic E-state index is 0.158. The molecule has 0 radical (unpaired) electrons. The van der Waals surface area contributed by atoms with E-state index in [1.165, 1.54) is 0 Å². The van der Waals surface area contributed by atoms with Gasteiger partial charge in [0, 0.05) is 29.2 Å². The number of rotatable bonds is 5. The van der Waals surface area contributed by atoms with Crippen molar-refractivity contribution in [2.24, 2.45) is 7.05 Å². The van der Waals surface area contributed by atoms with Crippen LogP contribution in [0.5, 0.6) is 0 Å². The highest BCUT2D eigenvalue weighted by atomic mass is 35.5. The van der Waals surface area contributed by atoms with Crippen molar-refractivity contribution in [2.45, 2.75) is 6.42 Å². The first-order valence-electron chi connectivity index (χ1n) is 9.12. The lowest BCUT2D eigenvalue weighted by Gasteiger charge is -2.09. The summed E-state index contributed by atoms with van der Waals surface area (Å²) in [6.45, 7) is 0.515. The van der Waals surface area contributed by atoms with Crippen molar-refractivity contribution in [1.29, 1.82) is 0 Å². The van der Waals surface area contributed by atoms with Gasteiger partial charge in [0.1, 0.15) is 0 Å². The van der Waals surface area contributed by atoms with Crippen LogP contribution < -0.4 is 5.32 Å². The fourth-order valence-electron chi connectivity index (χ4n) is 3.14. The number of carbonyl (C=O) groups excluding carboxylic acids is 1. The summed E-state index contributed by atoms with van der Waals surface area (Å²) in [5.74, 6) is -0.158. The lowest BCUT2D eigenvalue weighted by Crippen LogP contribution is -2.26. The minimum Gasteiger partial charge on any atom is -0.352 e. The highest BCUT2D eigenvalue weighted by Crippen LogP contribution is 2.25. The van der Waals surface area contributed by atoms with E-state index in [1.807, 2.05) is 43.4 Å². The van der Waals surface area contributed by atoms with Gasteiger partial charge in [-0.3, -0.25) is 9.48 Å². The van der Waals surface area contributed by atoms with Gasteiger partial charge in [0.2, 0.25) is 0 Å². The molecule has 0 aliphatic heterocycles. The lowest BCUT2D eigenvalue weighted by molar-refractivity contribution is 0.0955. The number of nitrogens with one attached hydrogen (secondary N) is 1. The number of pyridine rings is 1. The molecule has 29 heavy (non-hydrogen) atoms. The molecule has 5 nitrogen and oxygen atoms in total. The summed E-state index contributed by atoms with van der Waals surface area (Å²) in [5.41, 5.74) is 3.88. The maximum Gasteiger partial charge on any atom is 0.252 e. The van der Waals surface area contributed by atoms with Gasteiger partial charge in [-0.1, -0.05) is 47.5 Å². The molecule has 0 saturated heterocycles. The van der Waals surface area contributed by atoms with Crippen LogP contribution in [0.25, 0.3) is 22.3 Å². The van der Waals surface area contributed by atoms with Crippen molar-refractivity contribution >= 4 is 40.1 Å². The van der Waals surface area contributed by atoms with Gasteiger partial charge in [0.15, 0.2) is 5.65 Å². The first kappa shape index (κ1) is 19.4. The van der Waals surface area contributed by atoms with Crippen LogP contribution in [0.3, 0.4) is 0 Å². The van der Waals surface area contributed by atoms with Crippen LogP contribution in [0, 0.1) is 0 Å². The molecule has 4 rings (SSSR count). The van der Waals surface area contributed by atoms with Crippen LogP contribution in [0.15, 0.2) is 60.8 Å². The average Bonchev–Trinajstić information content (AvgIpc) is 3.10. The molecule has 0 atom stereocenters. The van der Waals surface area contributed by atoms with E-state index in [4.69, 9.17) is 23.2 Å². The second-order valence-corrected chi connectivity index (χ2v) is 7.57. The summed E-state index contributed by atoms with van der Waals surface area (Å²) in [5, 5.41) is 9.32. The summed E-state index contributed by atoms with van der Waals surface area (Å²) in [6, 6.07) is 16.8. The average molecular weight is 425 g/mol. The predicted molar refractivity (Wildman–Crippen MR) is 116 cm³/mol. The zero-order valence-corrected chi connectivity index (χ0v) is 17.2. The molecule has 2 heterocycles. The smallest absolute Gasteiger partial charge is 0.252 e. The normalized spacial score (nSPS) is 11.0. The van der Waals surface area contributed by atoms with E-state index in [9.17, 15) is 4.79 Å². The maximum atomic E-state index is 12.9. The standard InChI is InChI=1S/C22H18Cl2N4O/c1-28-21-19(13-26-28)18(12-20(27-21)15-4-8-17(24)9-5-15)22(29)25-11-10-14-2-6-16(23)7-3-14/h2-9,12-13H,10-11H2,1H3,(H,25,29). The summed E-state index contributed by atoms with van der Waals surface area (Å²) in [6.07, 6.45) is 2.39. The van der Waals surface area contributed by atoms with E-state index in [0.717, 1.165) is 11.1 Å². The third-order valence-electron chi connectivity index (χ3n) is 4.70. The Hall–Kier alpha value is -2.89. The zero-order valence-electron chi connectivity index (χ0n) is 15.7. The van der Waals surface area contributed by atoms with E-state index < -0.39 is 0 Å². The molecular formula is C22H18Cl2N4O. The van der Waals surface area contributed by atoms with E-state index in [0.29, 0.717) is 45.3 Å². The number of hydrogen-bond acceptors (Lipinski definition) is 3. The Kier molecular flexibility index (Phi) is 5.51. The largest absolute Gasteiger partial charge is 0.352 e. The van der Waals surface area contributed by atoms with Crippen LogP contribution in [0.2, 0.25) is 10.0 Å². The minimum atomic E-state index is -0.158. The number of nitrogens with zero attached hydrogens (tertiary/aromatic N) is 3. The number of halogens is 2. The third-order valence-corrected chi connectivity index (χ3v) is 5.21. The number of hydrogen-bond donors (Lipinski definition) is 1. The highest BCUT2D eigenvalue weighted by molar-refractivity contribution is 6.30. The van der Waals surface area contributed by atoms with Crippen molar-refractivity contribution in [3.8, 4) is 11.3 Å². The summed E-state index contributed by atoms with van der Waals surface area (Å²) < 4.78 is 1.67. The van der Waals surface area contributed by atoms with Crippen LogP contribution in [-0.2, 0) is 13.5 Å². The van der Waals surface area contributed by atoms with Crippen molar-refractivity contribution in [3.63, 3.8) is 0 Å². The Balaban J connectivity index is 1.60. The van der Waals surface area contributed by atoms with E-state index in [-0.39, 0.29) is 5.91 Å². The van der Waals surface area contributed by atoms with E-state index in [1.54, 1.807) is 29.1 Å². The quantitative estimate of drug-likeness (QED) is 0.494. The van der Waals surface area contributed by atoms with Gasteiger partial charge >= 0.3 is 0 Å². The van der Waals surface area contributed by atoms with Crippen LogP contribution in [-0.4, -0.2) is 27.2 Å². The third kappa shape index (κ3) is 4.26. The van der Waals surface area contributed by atoms with Gasteiger partial charge in [-0.2, -0.15) is 5.10 Å². The van der Waals surface area contributed by atoms with Gasteiger partial charge in [0.05, 0.1) is 22.8 Å². The highest BCUT2D eigenvalue weighted by Gasteiger charge is 2.16. The van der Waals surface area contributed by atoms with Gasteiger partial charge in [-0.05, 0) is 42.3 Å². The van der Waals surface area contributed by atoms with Crippen molar-refractivity contribution in [2.75, 3.05) is 6.54 Å². The summed E-state index contributed by atoms with van der Waals surface area (Å²) >= 11 is 11.9. The Morgan fingerprint density at radius 2 is 1.69 bits per heavy atom. The Labute approximate surface area is 178 Å². The molecule has 1 amide bonds. The van der Waals surface area contributed by atoms with Gasteiger partial charge < -0.3 is 5.32 Å². The Morgan fingerprint density at radius 3 is 2.38 bits per heavy atom. The maximum absolute atomic E-state index is 12.9. The predicted octanol–water partition coefficient (Wildman–Crippen LogP) is 4.91. The second kappa shape index (κ2) is 8.23. The lowest BCUT2D eigenvalue weighted by atomic mass is 10.1. The Morgan fingerprint density at radius 1 is 1.03 bits per heavy atom. The molecule has 0 unspecified atom stereocenters. The first-order valence-corrected chi connectivity index (χ1v) is 9.88. The molecule has 0 aliphatic carbocycles. The SMILES string of the molecule is Cn1ncc2c(C(=O)NCCc3ccc(Cl)cc3)cc(-c3ccc(Cl)cc3)nc21. The number of aromatic nitrogens is 3. The monoisotopic (exact) mass is 424 g/mol. The second-order valence-electron chi connectivity index (χ2n) is 6.70. The molecule has 4 aromatic rings. The van der Waals surface area contributed by atoms with E-state index in [2.05, 4.69) is 15.4 Å². The Bertz CT molecular complexity index is 1170. The van der Waals surface area contributed by atoms with Gasteiger partial charge in [-0.25, -0.2) is 4.98 Å². The first-order chi connectivity index (χ1) is 14.0. The molecule has 0 fully saturated rings. The molecule has 0 spiro atoms. The topological polar surface area (TPSA) is 59.8 Å². The molecule has 2 aromatic heterocycles. The van der Waals surface area contributed by atoms with Crippen LogP contribution >= 0.6 is 23.2 Å². The molecule has 0 aliphatic rings. The molecular weight excluding hydrogens is 407 g/mol. The van der Waals surface area contributed by atoms with E-state index >= 15 is 0 Å². The van der Waals surface area contributed by atoms with Gasteiger partial charge in [-0.15, -0.1) is 0 Å².